The van der Waals surface area contributed by atoms with Gasteiger partial charge in [0.1, 0.15) is 6.61 Å². The van der Waals surface area contributed by atoms with E-state index < -0.39 is 4.92 Å². The molecule has 0 saturated heterocycles. The molecule has 0 bridgehead atoms. The first-order valence-electron chi connectivity index (χ1n) is 5.87. The Hall–Kier alpha value is -2.43. The van der Waals surface area contributed by atoms with Crippen molar-refractivity contribution in [3.63, 3.8) is 0 Å². The summed E-state index contributed by atoms with van der Waals surface area (Å²) in [4.78, 5) is 14.7. The summed E-state index contributed by atoms with van der Waals surface area (Å²) >= 11 is 0. The van der Waals surface area contributed by atoms with E-state index in [0.717, 1.165) is 5.56 Å². The lowest BCUT2D eigenvalue weighted by Crippen LogP contribution is -2.03. The summed E-state index contributed by atoms with van der Waals surface area (Å²) in [6.45, 7) is 3.73. The highest BCUT2D eigenvalue weighted by Gasteiger charge is 2.21. The lowest BCUT2D eigenvalue weighted by atomic mass is 10.2. The molecule has 98 valence electrons. The minimum absolute atomic E-state index is 0.0680. The number of nitrogens with zero attached hydrogens (tertiary/aromatic N) is 2. The zero-order chi connectivity index (χ0) is 13.8. The predicted octanol–water partition coefficient (Wildman–Crippen LogP) is 3.19. The van der Waals surface area contributed by atoms with E-state index in [9.17, 15) is 10.1 Å². The van der Waals surface area contributed by atoms with Gasteiger partial charge in [0.05, 0.1) is 4.92 Å². The minimum Gasteiger partial charge on any atom is -0.468 e. The smallest absolute Gasteiger partial charge is 0.333 e. The topological polar surface area (TPSA) is 65.3 Å². The second-order valence-corrected chi connectivity index (χ2v) is 4.27. The van der Waals surface area contributed by atoms with Crippen LogP contribution in [0.5, 0.6) is 5.88 Å². The van der Waals surface area contributed by atoms with Gasteiger partial charge in [-0.25, -0.2) is 4.98 Å². The quantitative estimate of drug-likeness (QED) is 0.624. The van der Waals surface area contributed by atoms with Crippen molar-refractivity contribution in [1.29, 1.82) is 0 Å². The fraction of sp³-hybridized carbons (Fsp3) is 0.214. The second-order valence-electron chi connectivity index (χ2n) is 4.27. The number of hydrogen-bond donors (Lipinski definition) is 0. The molecule has 5 nitrogen and oxygen atoms in total. The molecule has 0 aliphatic rings. The molecule has 0 radical (unpaired) electrons. The Labute approximate surface area is 111 Å². The average molecular weight is 258 g/mol. The molecule has 0 aliphatic heterocycles. The number of benzene rings is 1. The van der Waals surface area contributed by atoms with Crippen molar-refractivity contribution in [3.8, 4) is 5.88 Å². The summed E-state index contributed by atoms with van der Waals surface area (Å²) in [6.07, 6.45) is 0. The Morgan fingerprint density at radius 2 is 1.95 bits per heavy atom. The zero-order valence-electron chi connectivity index (χ0n) is 10.8. The van der Waals surface area contributed by atoms with Crippen molar-refractivity contribution in [1.82, 2.24) is 4.98 Å². The molecule has 0 aliphatic carbocycles. The van der Waals surface area contributed by atoms with Crippen molar-refractivity contribution in [2.24, 2.45) is 0 Å². The minimum atomic E-state index is -0.456. The highest BCUT2D eigenvalue weighted by atomic mass is 16.6. The highest BCUT2D eigenvalue weighted by Crippen LogP contribution is 2.29. The van der Waals surface area contributed by atoms with Gasteiger partial charge in [0.15, 0.2) is 0 Å². The third-order valence-electron chi connectivity index (χ3n) is 2.68. The highest BCUT2D eigenvalue weighted by molar-refractivity contribution is 5.48. The lowest BCUT2D eigenvalue weighted by molar-refractivity contribution is -0.386. The predicted molar refractivity (Wildman–Crippen MR) is 71.1 cm³/mol. The molecule has 0 atom stereocenters. The van der Waals surface area contributed by atoms with Gasteiger partial charge in [-0.15, -0.1) is 0 Å². The third kappa shape index (κ3) is 3.07. The van der Waals surface area contributed by atoms with Crippen LogP contribution < -0.4 is 4.74 Å². The van der Waals surface area contributed by atoms with Crippen LogP contribution in [0.4, 0.5) is 5.69 Å². The van der Waals surface area contributed by atoms with Gasteiger partial charge in [-0.2, -0.15) is 0 Å². The molecule has 2 aromatic rings. The molecular formula is C14H14N2O3. The van der Waals surface area contributed by atoms with Crippen molar-refractivity contribution >= 4 is 5.69 Å². The molecule has 19 heavy (non-hydrogen) atoms. The SMILES string of the molecule is Cc1cc(C)c([N+](=O)[O-])c(OCc2ccccc2)n1. The average Bonchev–Trinajstić information content (AvgIpc) is 2.36. The maximum atomic E-state index is 11.1. The normalized spacial score (nSPS) is 10.2. The molecule has 1 aromatic heterocycles. The summed E-state index contributed by atoms with van der Waals surface area (Å²) in [5.41, 5.74) is 2.13. The lowest BCUT2D eigenvalue weighted by Gasteiger charge is -2.08. The fourth-order valence-corrected chi connectivity index (χ4v) is 1.84. The number of nitro groups is 1. The van der Waals surface area contributed by atoms with Crippen LogP contribution in [0.25, 0.3) is 0 Å². The van der Waals surface area contributed by atoms with Gasteiger partial charge >= 0.3 is 5.69 Å². The molecule has 0 amide bonds. The molecule has 5 heteroatoms. The summed E-state index contributed by atoms with van der Waals surface area (Å²) < 4.78 is 5.49. The summed E-state index contributed by atoms with van der Waals surface area (Å²) in [5, 5.41) is 11.1. The number of aromatic nitrogens is 1. The van der Waals surface area contributed by atoms with Crippen LogP contribution >= 0.6 is 0 Å². The number of aryl methyl sites for hydroxylation is 2. The van der Waals surface area contributed by atoms with E-state index in [2.05, 4.69) is 4.98 Å². The van der Waals surface area contributed by atoms with Crippen LogP contribution in [0.2, 0.25) is 0 Å². The van der Waals surface area contributed by atoms with Gasteiger partial charge in [-0.05, 0) is 25.5 Å². The first-order chi connectivity index (χ1) is 9.08. The van der Waals surface area contributed by atoms with Crippen LogP contribution in [0.15, 0.2) is 36.4 Å². The Balaban J connectivity index is 2.27. The second kappa shape index (κ2) is 5.48. The first kappa shape index (κ1) is 13.0. The van der Waals surface area contributed by atoms with E-state index in [4.69, 9.17) is 4.74 Å². The van der Waals surface area contributed by atoms with Crippen LogP contribution in [0.1, 0.15) is 16.8 Å². The Kier molecular flexibility index (Phi) is 3.75. The molecular weight excluding hydrogens is 244 g/mol. The van der Waals surface area contributed by atoms with Crippen LogP contribution in [0.3, 0.4) is 0 Å². The van der Waals surface area contributed by atoms with Gasteiger partial charge in [-0.3, -0.25) is 10.1 Å². The van der Waals surface area contributed by atoms with E-state index in [1.165, 1.54) is 0 Å². The maximum absolute atomic E-state index is 11.1. The number of pyridine rings is 1. The molecule has 0 saturated carbocycles. The summed E-state index contributed by atoms with van der Waals surface area (Å²) in [6, 6.07) is 11.2. The van der Waals surface area contributed by atoms with Crippen molar-refractivity contribution in [2.45, 2.75) is 20.5 Å². The Morgan fingerprint density at radius 1 is 1.26 bits per heavy atom. The van der Waals surface area contributed by atoms with Crippen LogP contribution in [-0.4, -0.2) is 9.91 Å². The van der Waals surface area contributed by atoms with Gasteiger partial charge in [0.25, 0.3) is 5.88 Å². The van der Waals surface area contributed by atoms with Gasteiger partial charge in [0.2, 0.25) is 0 Å². The largest absolute Gasteiger partial charge is 0.468 e. The molecule has 0 fully saturated rings. The molecule has 0 N–H and O–H groups in total. The maximum Gasteiger partial charge on any atom is 0.333 e. The number of ether oxygens (including phenoxy) is 1. The van der Waals surface area contributed by atoms with Gasteiger partial charge in [0, 0.05) is 11.3 Å². The van der Waals surface area contributed by atoms with Crippen molar-refractivity contribution in [2.75, 3.05) is 0 Å². The molecule has 1 aromatic carbocycles. The van der Waals surface area contributed by atoms with Crippen molar-refractivity contribution < 1.29 is 9.66 Å². The van der Waals surface area contributed by atoms with E-state index >= 15 is 0 Å². The Bertz CT molecular complexity index is 597. The first-order valence-corrected chi connectivity index (χ1v) is 5.87. The molecule has 0 unspecified atom stereocenters. The zero-order valence-corrected chi connectivity index (χ0v) is 10.8. The van der Waals surface area contributed by atoms with E-state index in [-0.39, 0.29) is 18.2 Å². The van der Waals surface area contributed by atoms with Gasteiger partial charge in [-0.1, -0.05) is 30.3 Å². The Morgan fingerprint density at radius 3 is 2.58 bits per heavy atom. The molecule has 2 rings (SSSR count). The standard InChI is InChI=1S/C14H14N2O3/c1-10-8-11(2)15-14(13(10)16(17)18)19-9-12-6-4-3-5-7-12/h3-8H,9H2,1-2H3. The summed E-state index contributed by atoms with van der Waals surface area (Å²) in [5.74, 6) is 0.0753. The number of rotatable bonds is 4. The summed E-state index contributed by atoms with van der Waals surface area (Å²) in [7, 11) is 0. The van der Waals surface area contributed by atoms with Crippen molar-refractivity contribution in [3.05, 3.63) is 63.3 Å². The van der Waals surface area contributed by atoms with Gasteiger partial charge < -0.3 is 4.74 Å². The van der Waals surface area contributed by atoms with E-state index in [0.29, 0.717) is 11.3 Å². The fourth-order valence-electron chi connectivity index (χ4n) is 1.84. The third-order valence-corrected chi connectivity index (χ3v) is 2.68. The molecule has 1 heterocycles. The molecule has 0 spiro atoms. The number of hydrogen-bond acceptors (Lipinski definition) is 4. The van der Waals surface area contributed by atoms with Crippen LogP contribution in [0, 0.1) is 24.0 Å². The van der Waals surface area contributed by atoms with Crippen LogP contribution in [-0.2, 0) is 6.61 Å². The van der Waals surface area contributed by atoms with E-state index in [1.54, 1.807) is 19.9 Å². The van der Waals surface area contributed by atoms with E-state index in [1.807, 2.05) is 30.3 Å². The monoisotopic (exact) mass is 258 g/mol.